The molecule has 1 rings (SSSR count). The fourth-order valence-corrected chi connectivity index (χ4v) is 1.74. The van der Waals surface area contributed by atoms with Crippen molar-refractivity contribution < 1.29 is 9.90 Å². The lowest BCUT2D eigenvalue weighted by molar-refractivity contribution is 0.131. The molecule has 0 unspecified atom stereocenters. The van der Waals surface area contributed by atoms with E-state index in [1.54, 1.807) is 0 Å². The number of amides is 1. The van der Waals surface area contributed by atoms with Crippen molar-refractivity contribution in [1.82, 2.24) is 10.2 Å². The maximum Gasteiger partial charge on any atom is 0.407 e. The van der Waals surface area contributed by atoms with E-state index in [9.17, 15) is 4.79 Å². The molecule has 0 saturated carbocycles. The third-order valence-electron chi connectivity index (χ3n) is 2.30. The van der Waals surface area contributed by atoms with Crippen LogP contribution in [0.2, 0.25) is 0 Å². The molecule has 0 spiro atoms. The second-order valence-corrected chi connectivity index (χ2v) is 4.04. The highest BCUT2D eigenvalue weighted by Gasteiger charge is 2.22. The van der Waals surface area contributed by atoms with E-state index in [2.05, 4.69) is 5.32 Å². The van der Waals surface area contributed by atoms with Crippen LogP contribution in [0.15, 0.2) is 0 Å². The highest BCUT2D eigenvalue weighted by Crippen LogP contribution is 2.11. The minimum absolute atomic E-state index is 0.255. The van der Waals surface area contributed by atoms with Gasteiger partial charge in [0.25, 0.3) is 0 Å². The summed E-state index contributed by atoms with van der Waals surface area (Å²) in [4.78, 5) is 12.0. The van der Waals surface area contributed by atoms with E-state index in [4.69, 9.17) is 10.5 Å². The molecule has 0 aliphatic carbocycles. The molecule has 0 atom stereocenters. The Bertz CT molecular complexity index is 227. The Kier molecular flexibility index (Phi) is 4.06. The van der Waals surface area contributed by atoms with Gasteiger partial charge in [0, 0.05) is 19.1 Å². The lowest BCUT2D eigenvalue weighted by Gasteiger charge is -2.30. The van der Waals surface area contributed by atoms with E-state index in [1.807, 2.05) is 6.26 Å². The third-order valence-corrected chi connectivity index (χ3v) is 2.83. The maximum atomic E-state index is 10.6. The number of hydrogen-bond acceptors (Lipinski definition) is 3. The van der Waals surface area contributed by atoms with E-state index in [1.165, 1.54) is 16.7 Å². The predicted molar refractivity (Wildman–Crippen MR) is 57.0 cm³/mol. The Labute approximate surface area is 87.4 Å². The molecular formula is C8H15N3O2S. The number of nitrogens with zero attached hydrogens (tertiary/aromatic N) is 1. The Morgan fingerprint density at radius 1 is 1.57 bits per heavy atom. The molecular weight excluding hydrogens is 202 g/mol. The van der Waals surface area contributed by atoms with E-state index in [0.717, 1.165) is 12.8 Å². The Hall–Kier alpha value is -0.910. The van der Waals surface area contributed by atoms with Crippen molar-refractivity contribution >= 4 is 23.0 Å². The van der Waals surface area contributed by atoms with E-state index in [-0.39, 0.29) is 6.04 Å². The number of nitrogens with one attached hydrogen (secondary N) is 2. The van der Waals surface area contributed by atoms with Gasteiger partial charge in [0.2, 0.25) is 0 Å². The predicted octanol–water partition coefficient (Wildman–Crippen LogP) is 1.02. The molecule has 0 aromatic heterocycles. The molecule has 1 fully saturated rings. The van der Waals surface area contributed by atoms with E-state index in [0.29, 0.717) is 18.3 Å². The van der Waals surface area contributed by atoms with Crippen LogP contribution in [-0.4, -0.2) is 46.7 Å². The zero-order valence-electron chi connectivity index (χ0n) is 8.12. The summed E-state index contributed by atoms with van der Waals surface area (Å²) in [5.74, 6) is 0. The van der Waals surface area contributed by atoms with Crippen molar-refractivity contribution in [2.45, 2.75) is 18.9 Å². The van der Waals surface area contributed by atoms with Crippen LogP contribution >= 0.6 is 11.8 Å². The molecule has 0 aromatic carbocycles. The number of carbonyl (C=O) groups is 1. The van der Waals surface area contributed by atoms with Gasteiger partial charge in [-0.2, -0.15) is 0 Å². The zero-order valence-corrected chi connectivity index (χ0v) is 8.93. The van der Waals surface area contributed by atoms with Gasteiger partial charge in [-0.15, -0.1) is 0 Å². The van der Waals surface area contributed by atoms with Gasteiger partial charge in [-0.05, 0) is 19.1 Å². The molecule has 1 heterocycles. The van der Waals surface area contributed by atoms with Gasteiger partial charge < -0.3 is 15.3 Å². The van der Waals surface area contributed by atoms with Gasteiger partial charge in [0.05, 0.1) is 0 Å². The van der Waals surface area contributed by atoms with Crippen molar-refractivity contribution in [2.75, 3.05) is 19.3 Å². The first-order valence-corrected chi connectivity index (χ1v) is 5.73. The first-order valence-electron chi connectivity index (χ1n) is 4.50. The van der Waals surface area contributed by atoms with Crippen LogP contribution < -0.4 is 5.32 Å². The molecule has 80 valence electrons. The second-order valence-electron chi connectivity index (χ2n) is 3.22. The largest absolute Gasteiger partial charge is 0.465 e. The summed E-state index contributed by atoms with van der Waals surface area (Å²) >= 11 is 1.37. The number of hydrogen-bond donors (Lipinski definition) is 3. The Morgan fingerprint density at radius 3 is 2.57 bits per heavy atom. The lowest BCUT2D eigenvalue weighted by Crippen LogP contribution is -2.45. The highest BCUT2D eigenvalue weighted by atomic mass is 32.2. The number of amidine groups is 1. The third kappa shape index (κ3) is 3.10. The van der Waals surface area contributed by atoms with Crippen molar-refractivity contribution in [1.29, 1.82) is 5.41 Å². The summed E-state index contributed by atoms with van der Waals surface area (Å²) < 4.78 is 0. The first-order chi connectivity index (χ1) is 6.63. The van der Waals surface area contributed by atoms with E-state index >= 15 is 0 Å². The van der Waals surface area contributed by atoms with Crippen LogP contribution in [0.4, 0.5) is 4.79 Å². The molecule has 0 radical (unpaired) electrons. The molecule has 0 bridgehead atoms. The molecule has 1 aliphatic rings. The number of likely N-dealkylation sites (tertiary alicyclic amines) is 1. The molecule has 1 amide bonds. The maximum absolute atomic E-state index is 10.6. The number of rotatable bonds is 1. The summed E-state index contributed by atoms with van der Waals surface area (Å²) in [6.07, 6.45) is 2.58. The standard InChI is InChI=1S/C8H15N3O2S/c1-14-7(9)10-6-2-4-11(5-3-6)8(12)13/h6H,2-5H2,1H3,(H2,9,10)(H,12,13). The molecule has 3 N–H and O–H groups in total. The van der Waals surface area contributed by atoms with Gasteiger partial charge in [0.15, 0.2) is 5.17 Å². The van der Waals surface area contributed by atoms with Gasteiger partial charge in [-0.25, -0.2) is 4.79 Å². The first kappa shape index (κ1) is 11.2. The van der Waals surface area contributed by atoms with E-state index < -0.39 is 6.09 Å². The number of carboxylic acid groups (broad SMARTS) is 1. The molecule has 5 nitrogen and oxygen atoms in total. The molecule has 1 saturated heterocycles. The normalized spacial score (nSPS) is 17.9. The summed E-state index contributed by atoms with van der Waals surface area (Å²) in [5, 5.41) is 19.7. The minimum atomic E-state index is -0.844. The van der Waals surface area contributed by atoms with Crippen LogP contribution in [0, 0.1) is 5.41 Å². The van der Waals surface area contributed by atoms with Crippen LogP contribution in [0.1, 0.15) is 12.8 Å². The Morgan fingerprint density at radius 2 is 2.14 bits per heavy atom. The highest BCUT2D eigenvalue weighted by molar-refractivity contribution is 8.13. The zero-order chi connectivity index (χ0) is 10.6. The van der Waals surface area contributed by atoms with Gasteiger partial charge in [-0.1, -0.05) is 11.8 Å². The average molecular weight is 217 g/mol. The van der Waals surface area contributed by atoms with Crippen molar-refractivity contribution in [3.05, 3.63) is 0 Å². The van der Waals surface area contributed by atoms with Crippen LogP contribution in [0.25, 0.3) is 0 Å². The monoisotopic (exact) mass is 217 g/mol. The van der Waals surface area contributed by atoms with Crippen LogP contribution in [-0.2, 0) is 0 Å². The molecule has 0 aromatic rings. The topological polar surface area (TPSA) is 76.4 Å². The lowest BCUT2D eigenvalue weighted by atomic mass is 10.1. The number of thioether (sulfide) groups is 1. The second kappa shape index (κ2) is 5.09. The fraction of sp³-hybridized carbons (Fsp3) is 0.750. The smallest absolute Gasteiger partial charge is 0.407 e. The fourth-order valence-electron chi connectivity index (χ4n) is 1.46. The summed E-state index contributed by atoms with van der Waals surface area (Å²) in [6.45, 7) is 1.13. The Balaban J connectivity index is 2.29. The van der Waals surface area contributed by atoms with Crippen molar-refractivity contribution in [2.24, 2.45) is 0 Å². The van der Waals surface area contributed by atoms with Crippen molar-refractivity contribution in [3.8, 4) is 0 Å². The molecule has 14 heavy (non-hydrogen) atoms. The average Bonchev–Trinajstić information content (AvgIpc) is 2.18. The summed E-state index contributed by atoms with van der Waals surface area (Å²) in [5.41, 5.74) is 0. The molecule has 6 heteroatoms. The van der Waals surface area contributed by atoms with Gasteiger partial charge in [-0.3, -0.25) is 5.41 Å². The summed E-state index contributed by atoms with van der Waals surface area (Å²) in [6, 6.07) is 0.255. The van der Waals surface area contributed by atoms with Gasteiger partial charge >= 0.3 is 6.09 Å². The number of piperidine rings is 1. The van der Waals surface area contributed by atoms with Crippen LogP contribution in [0.3, 0.4) is 0 Å². The van der Waals surface area contributed by atoms with Crippen molar-refractivity contribution in [3.63, 3.8) is 0 Å². The van der Waals surface area contributed by atoms with Crippen LogP contribution in [0.5, 0.6) is 0 Å². The summed E-state index contributed by atoms with van der Waals surface area (Å²) in [7, 11) is 0. The SMILES string of the molecule is CSC(=N)NC1CCN(C(=O)O)CC1. The van der Waals surface area contributed by atoms with Gasteiger partial charge in [0.1, 0.15) is 0 Å². The molecule has 1 aliphatic heterocycles. The minimum Gasteiger partial charge on any atom is -0.465 e. The quantitative estimate of drug-likeness (QED) is 0.452.